The molecule has 0 bridgehead atoms. The van der Waals surface area contributed by atoms with Crippen molar-refractivity contribution >= 4 is 26.6 Å². The molecule has 0 amide bonds. The van der Waals surface area contributed by atoms with Crippen LogP contribution < -0.4 is 4.74 Å². The Kier molecular flexibility index (Phi) is 4.94. The minimum atomic E-state index is -3.68. The highest BCUT2D eigenvalue weighted by Crippen LogP contribution is 2.31. The normalized spacial score (nSPS) is 11.5. The Bertz CT molecular complexity index is 1270. The van der Waals surface area contributed by atoms with E-state index in [1.807, 2.05) is 0 Å². The number of carbonyl (C=O) groups is 1. The lowest BCUT2D eigenvalue weighted by atomic mass is 10.0. The minimum Gasteiger partial charge on any atom is -0.497 e. The third kappa shape index (κ3) is 3.67. The van der Waals surface area contributed by atoms with Crippen molar-refractivity contribution in [1.82, 2.24) is 0 Å². The van der Waals surface area contributed by atoms with Gasteiger partial charge >= 0.3 is 0 Å². The average molecular weight is 406 g/mol. The Morgan fingerprint density at radius 1 is 0.897 bits per heavy atom. The average Bonchev–Trinajstić information content (AvgIpc) is 3.11. The summed E-state index contributed by atoms with van der Waals surface area (Å²) in [5.74, 6) is 0.0698. The number of furan rings is 1. The maximum Gasteiger partial charge on any atom is 0.197 e. The van der Waals surface area contributed by atoms with Gasteiger partial charge in [0.15, 0.2) is 15.6 Å². The van der Waals surface area contributed by atoms with Gasteiger partial charge in [-0.3, -0.25) is 4.79 Å². The summed E-state index contributed by atoms with van der Waals surface area (Å²) in [5.41, 5.74) is 1.17. The zero-order valence-electron chi connectivity index (χ0n) is 15.7. The molecule has 0 aliphatic rings. The Hall–Kier alpha value is -3.38. The standard InChI is InChI=1S/C23H18O5S/c1-27-17-13-11-16(12-14-17)23(24)22-19-9-5-6-10-20(19)28-21(22)15-29(25,26)18-7-3-2-4-8-18/h2-14H,15H2,1H3. The number of para-hydroxylation sites is 1. The zero-order chi connectivity index (χ0) is 20.4. The molecule has 1 heterocycles. The van der Waals surface area contributed by atoms with Crippen LogP contribution in [-0.4, -0.2) is 21.3 Å². The van der Waals surface area contributed by atoms with Gasteiger partial charge in [-0.25, -0.2) is 8.42 Å². The summed E-state index contributed by atoms with van der Waals surface area (Å²) >= 11 is 0. The second-order valence-electron chi connectivity index (χ2n) is 6.53. The first-order chi connectivity index (χ1) is 14.0. The van der Waals surface area contributed by atoms with Gasteiger partial charge in [-0.05, 0) is 42.5 Å². The summed E-state index contributed by atoms with van der Waals surface area (Å²) in [6, 6.07) is 21.9. The van der Waals surface area contributed by atoms with Crippen molar-refractivity contribution in [3.8, 4) is 5.75 Å². The number of ether oxygens (including phenoxy) is 1. The zero-order valence-corrected chi connectivity index (χ0v) is 16.5. The highest BCUT2D eigenvalue weighted by molar-refractivity contribution is 7.90. The molecule has 0 spiro atoms. The molecule has 29 heavy (non-hydrogen) atoms. The molecule has 3 aromatic carbocycles. The summed E-state index contributed by atoms with van der Waals surface area (Å²) in [7, 11) is -2.13. The van der Waals surface area contributed by atoms with Crippen LogP contribution in [0.4, 0.5) is 0 Å². The summed E-state index contributed by atoms with van der Waals surface area (Å²) in [6.45, 7) is 0. The largest absolute Gasteiger partial charge is 0.497 e. The Morgan fingerprint density at radius 2 is 1.55 bits per heavy atom. The number of fused-ring (bicyclic) bond motifs is 1. The molecule has 0 unspecified atom stereocenters. The monoisotopic (exact) mass is 406 g/mol. The van der Waals surface area contributed by atoms with Gasteiger partial charge in [0.05, 0.1) is 17.6 Å². The van der Waals surface area contributed by atoms with E-state index in [4.69, 9.17) is 9.15 Å². The van der Waals surface area contributed by atoms with E-state index < -0.39 is 15.6 Å². The van der Waals surface area contributed by atoms with E-state index in [9.17, 15) is 13.2 Å². The fourth-order valence-corrected chi connectivity index (χ4v) is 4.50. The van der Waals surface area contributed by atoms with E-state index >= 15 is 0 Å². The van der Waals surface area contributed by atoms with Gasteiger partial charge in [0.25, 0.3) is 0 Å². The quantitative estimate of drug-likeness (QED) is 0.436. The van der Waals surface area contributed by atoms with Crippen molar-refractivity contribution in [3.63, 3.8) is 0 Å². The number of methoxy groups -OCH3 is 1. The van der Waals surface area contributed by atoms with Crippen molar-refractivity contribution in [1.29, 1.82) is 0 Å². The number of rotatable bonds is 6. The molecule has 0 aliphatic carbocycles. The lowest BCUT2D eigenvalue weighted by Crippen LogP contribution is -2.09. The first kappa shape index (κ1) is 19.0. The van der Waals surface area contributed by atoms with E-state index in [-0.39, 0.29) is 22.0 Å². The van der Waals surface area contributed by atoms with E-state index in [0.717, 1.165) is 0 Å². The van der Waals surface area contributed by atoms with Gasteiger partial charge in [0, 0.05) is 10.9 Å². The fourth-order valence-electron chi connectivity index (χ4n) is 3.22. The molecular weight excluding hydrogens is 388 g/mol. The van der Waals surface area contributed by atoms with Crippen LogP contribution >= 0.6 is 0 Å². The number of benzene rings is 3. The van der Waals surface area contributed by atoms with E-state index in [0.29, 0.717) is 22.3 Å². The number of carbonyl (C=O) groups excluding carboxylic acids is 1. The highest BCUT2D eigenvalue weighted by atomic mass is 32.2. The van der Waals surface area contributed by atoms with Gasteiger partial charge in [0.2, 0.25) is 0 Å². The molecule has 0 saturated carbocycles. The van der Waals surface area contributed by atoms with Crippen molar-refractivity contribution < 1.29 is 22.4 Å². The van der Waals surface area contributed by atoms with Gasteiger partial charge in [-0.15, -0.1) is 0 Å². The van der Waals surface area contributed by atoms with Gasteiger partial charge in [-0.1, -0.05) is 36.4 Å². The number of ketones is 1. The van der Waals surface area contributed by atoms with Crippen LogP contribution in [0.3, 0.4) is 0 Å². The smallest absolute Gasteiger partial charge is 0.197 e. The van der Waals surface area contributed by atoms with Crippen molar-refractivity contribution in [2.75, 3.05) is 7.11 Å². The molecule has 0 N–H and O–H groups in total. The van der Waals surface area contributed by atoms with Gasteiger partial charge in [0.1, 0.15) is 22.8 Å². The number of hydrogen-bond donors (Lipinski definition) is 0. The van der Waals surface area contributed by atoms with Crippen LogP contribution in [0.25, 0.3) is 11.0 Å². The maximum absolute atomic E-state index is 13.3. The molecule has 146 valence electrons. The third-order valence-corrected chi connectivity index (χ3v) is 6.30. The fraction of sp³-hybridized carbons (Fsp3) is 0.0870. The van der Waals surface area contributed by atoms with Gasteiger partial charge < -0.3 is 9.15 Å². The molecule has 6 heteroatoms. The minimum absolute atomic E-state index is 0.135. The second kappa shape index (κ2) is 7.56. The van der Waals surface area contributed by atoms with E-state index in [1.165, 1.54) is 12.1 Å². The number of hydrogen-bond acceptors (Lipinski definition) is 5. The third-order valence-electron chi connectivity index (χ3n) is 4.67. The maximum atomic E-state index is 13.3. The predicted molar refractivity (Wildman–Crippen MR) is 110 cm³/mol. The molecule has 5 nitrogen and oxygen atoms in total. The van der Waals surface area contributed by atoms with E-state index in [1.54, 1.807) is 73.8 Å². The highest BCUT2D eigenvalue weighted by Gasteiger charge is 2.26. The summed E-state index contributed by atoms with van der Waals surface area (Å²) in [5, 5.41) is 0.589. The Balaban J connectivity index is 1.81. The molecule has 0 saturated heterocycles. The van der Waals surface area contributed by atoms with Gasteiger partial charge in [-0.2, -0.15) is 0 Å². The van der Waals surface area contributed by atoms with Crippen LogP contribution in [0.5, 0.6) is 5.75 Å². The molecule has 0 radical (unpaired) electrons. The van der Waals surface area contributed by atoms with Crippen molar-refractivity contribution in [2.45, 2.75) is 10.6 Å². The summed E-state index contributed by atoms with van der Waals surface area (Å²) < 4.78 is 36.7. The summed E-state index contributed by atoms with van der Waals surface area (Å²) in [4.78, 5) is 13.5. The molecule has 1 aromatic heterocycles. The molecule has 0 fully saturated rings. The molecule has 0 aliphatic heterocycles. The van der Waals surface area contributed by atoms with Crippen molar-refractivity contribution in [3.05, 3.63) is 95.7 Å². The van der Waals surface area contributed by atoms with E-state index in [2.05, 4.69) is 0 Å². The van der Waals surface area contributed by atoms with Crippen LogP contribution in [0.2, 0.25) is 0 Å². The predicted octanol–water partition coefficient (Wildman–Crippen LogP) is 4.65. The van der Waals surface area contributed by atoms with Crippen LogP contribution in [0.15, 0.2) is 88.2 Å². The first-order valence-corrected chi connectivity index (χ1v) is 10.6. The van der Waals surface area contributed by atoms with Crippen molar-refractivity contribution in [2.24, 2.45) is 0 Å². The second-order valence-corrected chi connectivity index (χ2v) is 8.52. The number of sulfone groups is 1. The lowest BCUT2D eigenvalue weighted by Gasteiger charge is -2.06. The lowest BCUT2D eigenvalue weighted by molar-refractivity contribution is 0.103. The van der Waals surface area contributed by atoms with Crippen LogP contribution in [0.1, 0.15) is 21.7 Å². The molecule has 0 atom stereocenters. The topological polar surface area (TPSA) is 73.6 Å². The SMILES string of the molecule is COc1ccc(C(=O)c2c(CS(=O)(=O)c3ccccc3)oc3ccccc23)cc1. The van der Waals surface area contributed by atoms with Crippen LogP contribution in [-0.2, 0) is 15.6 Å². The molecular formula is C23H18O5S. The van der Waals surface area contributed by atoms with Crippen LogP contribution in [0, 0.1) is 0 Å². The Labute approximate surface area is 168 Å². The Morgan fingerprint density at radius 3 is 2.24 bits per heavy atom. The molecule has 4 aromatic rings. The summed E-state index contributed by atoms with van der Waals surface area (Å²) in [6.07, 6.45) is 0. The first-order valence-electron chi connectivity index (χ1n) is 8.96. The molecule has 4 rings (SSSR count).